The van der Waals surface area contributed by atoms with Gasteiger partial charge < -0.3 is 15.2 Å². The highest BCUT2D eigenvalue weighted by Crippen LogP contribution is 2.48. The zero-order valence-corrected chi connectivity index (χ0v) is 13.3. The maximum Gasteiger partial charge on any atom is 0.340 e. The van der Waals surface area contributed by atoms with Gasteiger partial charge in [-0.05, 0) is 37.3 Å². The summed E-state index contributed by atoms with van der Waals surface area (Å²) >= 11 is 0. The molecule has 0 radical (unpaired) electrons. The van der Waals surface area contributed by atoms with Crippen LogP contribution < -0.4 is 5.32 Å². The van der Waals surface area contributed by atoms with Gasteiger partial charge in [-0.3, -0.25) is 9.59 Å². The van der Waals surface area contributed by atoms with Crippen LogP contribution in [0.3, 0.4) is 0 Å². The molecule has 6 nitrogen and oxygen atoms in total. The fourth-order valence-corrected chi connectivity index (χ4v) is 3.71. The summed E-state index contributed by atoms with van der Waals surface area (Å²) in [7, 11) is 0. The van der Waals surface area contributed by atoms with Gasteiger partial charge in [0.05, 0.1) is 29.7 Å². The van der Waals surface area contributed by atoms with Gasteiger partial charge in [-0.1, -0.05) is 24.3 Å². The van der Waals surface area contributed by atoms with E-state index in [2.05, 4.69) is 5.32 Å². The van der Waals surface area contributed by atoms with Crippen molar-refractivity contribution in [3.05, 3.63) is 42.0 Å². The number of para-hydroxylation sites is 1. The van der Waals surface area contributed by atoms with Gasteiger partial charge in [-0.15, -0.1) is 0 Å². The molecule has 2 N–H and O–H groups in total. The first-order chi connectivity index (χ1) is 11.5. The third kappa shape index (κ3) is 2.79. The summed E-state index contributed by atoms with van der Waals surface area (Å²) in [5, 5.41) is 12.2. The lowest BCUT2D eigenvalue weighted by atomic mass is 9.82. The summed E-state index contributed by atoms with van der Waals surface area (Å²) < 4.78 is 4.99. The number of ether oxygens (including phenoxy) is 1. The van der Waals surface area contributed by atoms with Crippen LogP contribution in [0.15, 0.2) is 36.4 Å². The van der Waals surface area contributed by atoms with E-state index < -0.39 is 23.8 Å². The minimum absolute atomic E-state index is 0.0640. The zero-order valence-electron chi connectivity index (χ0n) is 13.3. The minimum atomic E-state index is -0.953. The Balaban J connectivity index is 1.82. The molecule has 2 aliphatic rings. The minimum Gasteiger partial charge on any atom is -0.481 e. The summed E-state index contributed by atoms with van der Waals surface area (Å²) in [4.78, 5) is 36.2. The lowest BCUT2D eigenvalue weighted by Gasteiger charge is -2.24. The third-order valence-electron chi connectivity index (χ3n) is 4.73. The second-order valence-corrected chi connectivity index (χ2v) is 6.09. The molecule has 6 heteroatoms. The van der Waals surface area contributed by atoms with Gasteiger partial charge in [0.1, 0.15) is 0 Å². The smallest absolute Gasteiger partial charge is 0.340 e. The highest BCUT2D eigenvalue weighted by atomic mass is 16.5. The van der Waals surface area contributed by atoms with Gasteiger partial charge in [-0.25, -0.2) is 4.79 Å². The van der Waals surface area contributed by atoms with E-state index in [1.165, 1.54) is 0 Å². The molecule has 1 fully saturated rings. The number of benzene rings is 1. The lowest BCUT2D eigenvalue weighted by molar-refractivity contribution is -0.146. The molecule has 4 atom stereocenters. The van der Waals surface area contributed by atoms with E-state index in [4.69, 9.17) is 4.74 Å². The molecule has 1 amide bonds. The van der Waals surface area contributed by atoms with E-state index in [-0.39, 0.29) is 29.9 Å². The number of esters is 1. The van der Waals surface area contributed by atoms with Crippen LogP contribution in [0.4, 0.5) is 5.69 Å². The fourth-order valence-electron chi connectivity index (χ4n) is 3.71. The number of hydrogen-bond acceptors (Lipinski definition) is 4. The Morgan fingerprint density at radius 2 is 1.83 bits per heavy atom. The van der Waals surface area contributed by atoms with Gasteiger partial charge in [-0.2, -0.15) is 0 Å². The van der Waals surface area contributed by atoms with Crippen molar-refractivity contribution in [3.8, 4) is 0 Å². The van der Waals surface area contributed by atoms with Crippen LogP contribution in [0, 0.1) is 23.7 Å². The fraction of sp³-hybridized carbons (Fsp3) is 0.389. The number of rotatable bonds is 5. The van der Waals surface area contributed by atoms with Gasteiger partial charge in [0.2, 0.25) is 5.91 Å². The Bertz CT molecular complexity index is 711. The molecule has 1 aromatic carbocycles. The number of amides is 1. The van der Waals surface area contributed by atoms with Crippen molar-refractivity contribution >= 4 is 23.5 Å². The first-order valence-electron chi connectivity index (χ1n) is 8.01. The van der Waals surface area contributed by atoms with E-state index in [1.54, 1.807) is 31.2 Å². The first kappa shape index (κ1) is 16.2. The van der Waals surface area contributed by atoms with Crippen LogP contribution in [-0.2, 0) is 14.3 Å². The highest BCUT2D eigenvalue weighted by molar-refractivity contribution is 6.03. The molecule has 2 aliphatic carbocycles. The Hall–Kier alpha value is -2.63. The summed E-state index contributed by atoms with van der Waals surface area (Å²) in [6, 6.07) is 6.57. The normalized spacial score (nSPS) is 27.0. The van der Waals surface area contributed by atoms with Crippen molar-refractivity contribution in [1.82, 2.24) is 0 Å². The summed E-state index contributed by atoms with van der Waals surface area (Å²) in [6.07, 6.45) is 4.50. The van der Waals surface area contributed by atoms with Crippen LogP contribution in [-0.4, -0.2) is 29.6 Å². The molecule has 1 saturated carbocycles. The maximum absolute atomic E-state index is 12.7. The number of nitrogens with one attached hydrogen (secondary N) is 1. The van der Waals surface area contributed by atoms with Gasteiger partial charge in [0.25, 0.3) is 0 Å². The van der Waals surface area contributed by atoms with Crippen molar-refractivity contribution < 1.29 is 24.2 Å². The quantitative estimate of drug-likeness (QED) is 0.639. The second kappa shape index (κ2) is 6.47. The predicted octanol–water partition coefficient (Wildman–Crippen LogP) is 2.32. The average molecular weight is 329 g/mol. The number of carboxylic acids is 1. The molecule has 24 heavy (non-hydrogen) atoms. The van der Waals surface area contributed by atoms with E-state index in [9.17, 15) is 19.5 Å². The molecule has 0 unspecified atom stereocenters. The monoisotopic (exact) mass is 329 g/mol. The van der Waals surface area contributed by atoms with E-state index in [0.29, 0.717) is 12.1 Å². The van der Waals surface area contributed by atoms with Crippen molar-refractivity contribution in [2.75, 3.05) is 11.9 Å². The molecular formula is C18H19NO5. The number of carbonyl (C=O) groups is 3. The zero-order chi connectivity index (χ0) is 17.3. The molecule has 0 spiro atoms. The molecular weight excluding hydrogens is 310 g/mol. The summed E-state index contributed by atoms with van der Waals surface area (Å²) in [5.41, 5.74) is 0.607. The number of carboxylic acid groups (broad SMARTS) is 1. The second-order valence-electron chi connectivity index (χ2n) is 6.09. The lowest BCUT2D eigenvalue weighted by Crippen LogP contribution is -2.36. The van der Waals surface area contributed by atoms with Crippen LogP contribution >= 0.6 is 0 Å². The molecule has 0 saturated heterocycles. The standard InChI is InChI=1S/C18H19NO5/c1-2-24-18(23)12-5-3-4-6-13(12)19-16(20)14-10-7-8-11(9-10)15(14)17(21)22/h3-8,10-11,14-15H,2,9H2,1H3,(H,19,20)(H,21,22)/t10-,11+,14+,15+/m1/s1. The Kier molecular flexibility index (Phi) is 4.38. The Morgan fingerprint density at radius 3 is 2.50 bits per heavy atom. The van der Waals surface area contributed by atoms with Crippen LogP contribution in [0.1, 0.15) is 23.7 Å². The van der Waals surface area contributed by atoms with Crippen LogP contribution in [0.5, 0.6) is 0 Å². The van der Waals surface area contributed by atoms with Crippen LogP contribution in [0.25, 0.3) is 0 Å². The van der Waals surface area contributed by atoms with Crippen molar-refractivity contribution in [2.24, 2.45) is 23.7 Å². The highest BCUT2D eigenvalue weighted by Gasteiger charge is 2.51. The Morgan fingerprint density at radius 1 is 1.17 bits per heavy atom. The van der Waals surface area contributed by atoms with Gasteiger partial charge in [0, 0.05) is 0 Å². The van der Waals surface area contributed by atoms with Crippen molar-refractivity contribution in [3.63, 3.8) is 0 Å². The Labute approximate surface area is 139 Å². The van der Waals surface area contributed by atoms with Crippen LogP contribution in [0.2, 0.25) is 0 Å². The molecule has 1 aromatic rings. The number of fused-ring (bicyclic) bond motifs is 2. The number of hydrogen-bond donors (Lipinski definition) is 2. The molecule has 0 aromatic heterocycles. The topological polar surface area (TPSA) is 92.7 Å². The first-order valence-corrected chi connectivity index (χ1v) is 8.01. The average Bonchev–Trinajstić information content (AvgIpc) is 3.16. The molecule has 0 heterocycles. The predicted molar refractivity (Wildman–Crippen MR) is 86.4 cm³/mol. The third-order valence-corrected chi connectivity index (χ3v) is 4.73. The maximum atomic E-state index is 12.7. The SMILES string of the molecule is CCOC(=O)c1ccccc1NC(=O)[C@@H]1[C@@H](C(=O)O)[C@H]2C=C[C@@H]1C2. The number of allylic oxidation sites excluding steroid dienone is 2. The number of carbonyl (C=O) groups excluding carboxylic acids is 2. The summed E-state index contributed by atoms with van der Waals surface area (Å²) in [6.45, 7) is 1.94. The molecule has 3 rings (SSSR count). The van der Waals surface area contributed by atoms with Crippen molar-refractivity contribution in [2.45, 2.75) is 13.3 Å². The van der Waals surface area contributed by atoms with Gasteiger partial charge in [0.15, 0.2) is 0 Å². The summed E-state index contributed by atoms with van der Waals surface area (Å²) in [5.74, 6) is -3.32. The van der Waals surface area contributed by atoms with Crippen molar-refractivity contribution in [1.29, 1.82) is 0 Å². The largest absolute Gasteiger partial charge is 0.481 e. The van der Waals surface area contributed by atoms with E-state index in [0.717, 1.165) is 0 Å². The van der Waals surface area contributed by atoms with E-state index in [1.807, 2.05) is 12.2 Å². The molecule has 0 aliphatic heterocycles. The number of anilines is 1. The van der Waals surface area contributed by atoms with E-state index >= 15 is 0 Å². The molecule has 2 bridgehead atoms. The number of aliphatic carboxylic acids is 1. The molecule has 126 valence electrons. The van der Waals surface area contributed by atoms with Gasteiger partial charge >= 0.3 is 11.9 Å².